The largest absolute Gasteiger partial charge is 0.376 e. The first-order valence-electron chi connectivity index (χ1n) is 14.8. The molecule has 6 rings (SSSR count). The molecular formula is C30H38F2N6O3. The second-order valence-electron chi connectivity index (χ2n) is 12.2. The van der Waals surface area contributed by atoms with E-state index >= 15 is 0 Å². The Kier molecular flexibility index (Phi) is 7.56. The molecule has 2 aliphatic carbocycles. The van der Waals surface area contributed by atoms with E-state index in [9.17, 15) is 18.4 Å². The minimum Gasteiger partial charge on any atom is -0.376 e. The van der Waals surface area contributed by atoms with E-state index < -0.39 is 12.0 Å². The highest BCUT2D eigenvalue weighted by Crippen LogP contribution is 2.45. The second-order valence-corrected chi connectivity index (χ2v) is 12.2. The van der Waals surface area contributed by atoms with E-state index in [0.717, 1.165) is 48.7 Å². The predicted molar refractivity (Wildman–Crippen MR) is 148 cm³/mol. The van der Waals surface area contributed by atoms with Gasteiger partial charge in [0.2, 0.25) is 11.8 Å². The predicted octanol–water partition coefficient (Wildman–Crippen LogP) is 5.38. The van der Waals surface area contributed by atoms with Gasteiger partial charge in [-0.05, 0) is 81.5 Å². The number of hydrogen-bond donors (Lipinski definition) is 3. The third-order valence-electron chi connectivity index (χ3n) is 8.50. The number of nitrogens with zero attached hydrogens (tertiary/aromatic N) is 3. The first-order valence-corrected chi connectivity index (χ1v) is 14.8. The van der Waals surface area contributed by atoms with Gasteiger partial charge >= 0.3 is 0 Å². The molecule has 11 heteroatoms. The zero-order valence-electron chi connectivity index (χ0n) is 23.5. The lowest BCUT2D eigenvalue weighted by atomic mass is 9.79. The molecule has 2 amide bonds. The molecule has 0 radical (unpaired) electrons. The van der Waals surface area contributed by atoms with Gasteiger partial charge in [-0.15, -0.1) is 0 Å². The van der Waals surface area contributed by atoms with Crippen molar-refractivity contribution in [3.8, 4) is 0 Å². The van der Waals surface area contributed by atoms with Crippen LogP contribution < -0.4 is 10.6 Å². The van der Waals surface area contributed by atoms with Crippen molar-refractivity contribution in [1.29, 1.82) is 0 Å². The Labute approximate surface area is 237 Å². The summed E-state index contributed by atoms with van der Waals surface area (Å²) in [5, 5.41) is 10.6. The van der Waals surface area contributed by atoms with Gasteiger partial charge in [0.1, 0.15) is 17.6 Å². The molecular weight excluding hydrogens is 530 g/mol. The van der Waals surface area contributed by atoms with Gasteiger partial charge in [0.25, 0.3) is 5.91 Å². The van der Waals surface area contributed by atoms with Gasteiger partial charge < -0.3 is 20.4 Å². The molecule has 0 spiro atoms. The van der Waals surface area contributed by atoms with Crippen molar-refractivity contribution in [2.24, 2.45) is 11.8 Å². The number of nitrogens with one attached hydrogen (secondary N) is 3. The SMILES string of the molecule is CC(C)n1nccc1C(=O)NC(c1nc2ccc(C(NC(=O)CC3CC(F)(F)C3)C3CC3)cc2[nH]1)[C@H]1CCCCO1. The smallest absolute Gasteiger partial charge is 0.270 e. The molecule has 9 nitrogen and oxygen atoms in total. The molecule has 3 aromatic rings. The number of aromatic nitrogens is 4. The maximum absolute atomic E-state index is 13.4. The summed E-state index contributed by atoms with van der Waals surface area (Å²) in [5.41, 5.74) is 2.99. The summed E-state index contributed by atoms with van der Waals surface area (Å²) in [5.74, 6) is -2.35. The summed E-state index contributed by atoms with van der Waals surface area (Å²) in [7, 11) is 0. The normalized spacial score (nSPS) is 22.3. The van der Waals surface area contributed by atoms with Crippen LogP contribution in [0.3, 0.4) is 0 Å². The fraction of sp³-hybridized carbons (Fsp3) is 0.600. The van der Waals surface area contributed by atoms with Crippen molar-refractivity contribution in [3.05, 3.63) is 47.5 Å². The van der Waals surface area contributed by atoms with Crippen LogP contribution in [0.15, 0.2) is 30.5 Å². The van der Waals surface area contributed by atoms with Crippen LogP contribution >= 0.6 is 0 Å². The van der Waals surface area contributed by atoms with Crippen LogP contribution in [0, 0.1) is 11.8 Å². The van der Waals surface area contributed by atoms with Crippen LogP contribution in [0.5, 0.6) is 0 Å². The van der Waals surface area contributed by atoms with E-state index in [2.05, 4.69) is 20.7 Å². The zero-order valence-corrected chi connectivity index (χ0v) is 23.5. The van der Waals surface area contributed by atoms with Gasteiger partial charge in [0, 0.05) is 38.1 Å². The summed E-state index contributed by atoms with van der Waals surface area (Å²) in [6.45, 7) is 4.59. The van der Waals surface area contributed by atoms with Gasteiger partial charge in [-0.25, -0.2) is 13.8 Å². The Bertz CT molecular complexity index is 1400. The molecule has 2 saturated carbocycles. The van der Waals surface area contributed by atoms with Crippen LogP contribution in [0.25, 0.3) is 11.0 Å². The minimum atomic E-state index is -2.63. The molecule has 1 aliphatic heterocycles. The lowest BCUT2D eigenvalue weighted by Gasteiger charge is -2.34. The summed E-state index contributed by atoms with van der Waals surface area (Å²) >= 11 is 0. The van der Waals surface area contributed by atoms with Crippen LogP contribution in [-0.4, -0.2) is 50.2 Å². The molecule has 3 fully saturated rings. The maximum atomic E-state index is 13.4. The van der Waals surface area contributed by atoms with Gasteiger partial charge in [-0.2, -0.15) is 5.10 Å². The van der Waals surface area contributed by atoms with Crippen molar-refractivity contribution in [2.45, 2.75) is 95.4 Å². The molecule has 0 bridgehead atoms. The number of rotatable bonds is 10. The maximum Gasteiger partial charge on any atom is 0.270 e. The van der Waals surface area contributed by atoms with Crippen LogP contribution in [-0.2, 0) is 9.53 Å². The lowest BCUT2D eigenvalue weighted by molar-refractivity contribution is -0.134. The van der Waals surface area contributed by atoms with Crippen molar-refractivity contribution in [3.63, 3.8) is 0 Å². The molecule has 1 aromatic carbocycles. The number of aromatic amines is 1. The van der Waals surface area contributed by atoms with E-state index in [1.807, 2.05) is 32.0 Å². The van der Waals surface area contributed by atoms with Crippen molar-refractivity contribution >= 4 is 22.8 Å². The van der Waals surface area contributed by atoms with E-state index in [1.54, 1.807) is 16.9 Å². The number of imidazole rings is 1. The van der Waals surface area contributed by atoms with Crippen LogP contribution in [0.2, 0.25) is 0 Å². The molecule has 3 atom stereocenters. The molecule has 3 aliphatic rings. The van der Waals surface area contributed by atoms with Crippen LogP contribution in [0.4, 0.5) is 8.78 Å². The first kappa shape index (κ1) is 27.8. The van der Waals surface area contributed by atoms with Gasteiger partial charge in [0.05, 0.1) is 23.2 Å². The van der Waals surface area contributed by atoms with E-state index in [0.29, 0.717) is 24.0 Å². The second kappa shape index (κ2) is 11.2. The zero-order chi connectivity index (χ0) is 28.7. The summed E-state index contributed by atoms with van der Waals surface area (Å²) in [6, 6.07) is 6.99. The third-order valence-corrected chi connectivity index (χ3v) is 8.50. The number of H-pyrrole nitrogens is 1. The number of halogens is 2. The van der Waals surface area contributed by atoms with Crippen molar-refractivity contribution < 1.29 is 23.1 Å². The first-order chi connectivity index (χ1) is 19.7. The fourth-order valence-electron chi connectivity index (χ4n) is 6.20. The van der Waals surface area contributed by atoms with Gasteiger partial charge in [-0.3, -0.25) is 14.3 Å². The summed E-state index contributed by atoms with van der Waals surface area (Å²) < 4.78 is 34.3. The average Bonchev–Trinajstić information content (AvgIpc) is 3.47. The van der Waals surface area contributed by atoms with Crippen molar-refractivity contribution in [2.75, 3.05) is 6.61 Å². The van der Waals surface area contributed by atoms with E-state index in [-0.39, 0.29) is 55.2 Å². The molecule has 3 heterocycles. The monoisotopic (exact) mass is 568 g/mol. The highest BCUT2D eigenvalue weighted by Gasteiger charge is 2.46. The number of amides is 2. The molecule has 2 aromatic heterocycles. The van der Waals surface area contributed by atoms with E-state index in [4.69, 9.17) is 9.72 Å². The topological polar surface area (TPSA) is 114 Å². The number of carbonyl (C=O) groups excluding carboxylic acids is 2. The number of hydrogen-bond acceptors (Lipinski definition) is 5. The highest BCUT2D eigenvalue weighted by atomic mass is 19.3. The Morgan fingerprint density at radius 3 is 2.61 bits per heavy atom. The number of alkyl halides is 2. The molecule has 220 valence electrons. The number of fused-ring (bicyclic) bond motifs is 1. The Morgan fingerprint density at radius 1 is 1.12 bits per heavy atom. The lowest BCUT2D eigenvalue weighted by Crippen LogP contribution is -2.40. The molecule has 1 saturated heterocycles. The van der Waals surface area contributed by atoms with Gasteiger partial charge in [-0.1, -0.05) is 6.07 Å². The molecule has 3 N–H and O–H groups in total. The average molecular weight is 569 g/mol. The van der Waals surface area contributed by atoms with Gasteiger partial charge in [0.15, 0.2) is 0 Å². The summed E-state index contributed by atoms with van der Waals surface area (Å²) in [6.07, 6.45) is 5.94. The standard InChI is InChI=1S/C30H38F2N6O3/c1-17(2)38-23(10-11-33-38)29(40)37-27(24-5-3-4-12-41-24)28-34-21-9-8-20(14-22(21)35-28)26(19-6-7-19)36-25(39)13-18-15-30(31,32)16-18/h8-11,14,17-19,24,26-27H,3-7,12-13,15-16H2,1-2H3,(H,34,35)(H,36,39)(H,37,40)/t24-,26?,27?/m1/s1. The minimum absolute atomic E-state index is 0.0364. The van der Waals surface area contributed by atoms with Crippen LogP contribution in [0.1, 0.15) is 105 Å². The number of ether oxygens (including phenoxy) is 1. The quantitative estimate of drug-likeness (QED) is 0.304. The summed E-state index contributed by atoms with van der Waals surface area (Å²) in [4.78, 5) is 34.4. The Hall–Kier alpha value is -3.34. The number of benzene rings is 1. The highest BCUT2D eigenvalue weighted by molar-refractivity contribution is 5.93. The molecule has 41 heavy (non-hydrogen) atoms. The fourth-order valence-corrected chi connectivity index (χ4v) is 6.20. The third kappa shape index (κ3) is 6.14. The number of carbonyl (C=O) groups is 2. The molecule has 2 unspecified atom stereocenters. The Balaban J connectivity index is 1.22. The van der Waals surface area contributed by atoms with Crippen molar-refractivity contribution in [1.82, 2.24) is 30.4 Å². The van der Waals surface area contributed by atoms with E-state index in [1.165, 1.54) is 0 Å². The Morgan fingerprint density at radius 2 is 1.93 bits per heavy atom.